The fourth-order valence-electron chi connectivity index (χ4n) is 3.41. The van der Waals surface area contributed by atoms with Gasteiger partial charge in [-0.2, -0.15) is 0 Å². The van der Waals surface area contributed by atoms with Crippen LogP contribution >= 0.6 is 0 Å². The Morgan fingerprint density at radius 3 is 2.54 bits per heavy atom. The van der Waals surface area contributed by atoms with Gasteiger partial charge < -0.3 is 9.80 Å². The predicted octanol–water partition coefficient (Wildman–Crippen LogP) is 2.38. The van der Waals surface area contributed by atoms with Gasteiger partial charge in [-0.25, -0.2) is 14.1 Å². The maximum absolute atomic E-state index is 13.9. The number of hydrogen-bond acceptors (Lipinski definition) is 5. The van der Waals surface area contributed by atoms with Gasteiger partial charge in [-0.05, 0) is 38.1 Å². The summed E-state index contributed by atoms with van der Waals surface area (Å²) >= 11 is 0. The highest BCUT2D eigenvalue weighted by Gasteiger charge is 2.27. The van der Waals surface area contributed by atoms with E-state index in [-0.39, 0.29) is 11.7 Å². The fourth-order valence-corrected chi connectivity index (χ4v) is 3.41. The summed E-state index contributed by atoms with van der Waals surface area (Å²) in [7, 11) is 0. The maximum Gasteiger partial charge on any atom is 0.276 e. The third-order valence-electron chi connectivity index (χ3n) is 5.10. The second-order valence-corrected chi connectivity index (χ2v) is 6.79. The van der Waals surface area contributed by atoms with E-state index in [2.05, 4.69) is 20.2 Å². The minimum atomic E-state index is -0.314. The van der Waals surface area contributed by atoms with Crippen LogP contribution in [-0.2, 0) is 0 Å². The molecule has 0 aliphatic carbocycles. The number of halogens is 1. The molecule has 1 saturated heterocycles. The minimum absolute atomic E-state index is 0.154. The molecule has 0 radical (unpaired) electrons. The monoisotopic (exact) mass is 380 g/mol. The first-order valence-corrected chi connectivity index (χ1v) is 9.19. The van der Waals surface area contributed by atoms with Crippen molar-refractivity contribution >= 4 is 11.7 Å². The average molecular weight is 380 g/mol. The Hall–Kier alpha value is -3.29. The number of pyridine rings is 1. The molecule has 0 bridgehead atoms. The van der Waals surface area contributed by atoms with Gasteiger partial charge in [0.05, 0.1) is 11.4 Å². The molecule has 3 heterocycles. The molecule has 4 rings (SSSR count). The molecule has 1 aliphatic heterocycles. The number of aromatic nitrogens is 4. The molecule has 3 aromatic rings. The first-order chi connectivity index (χ1) is 13.6. The first-order valence-electron chi connectivity index (χ1n) is 9.19. The van der Waals surface area contributed by atoms with Crippen LogP contribution in [-0.4, -0.2) is 57.0 Å². The molecule has 28 heavy (non-hydrogen) atoms. The van der Waals surface area contributed by atoms with Crippen molar-refractivity contribution in [3.8, 4) is 5.69 Å². The number of rotatable bonds is 3. The predicted molar refractivity (Wildman–Crippen MR) is 103 cm³/mol. The Labute approximate surface area is 162 Å². The summed E-state index contributed by atoms with van der Waals surface area (Å²) in [6.45, 7) is 6.05. The van der Waals surface area contributed by atoms with Gasteiger partial charge in [0.15, 0.2) is 5.69 Å². The van der Waals surface area contributed by atoms with Crippen LogP contribution in [0, 0.1) is 19.7 Å². The lowest BCUT2D eigenvalue weighted by atomic mass is 10.2. The lowest BCUT2D eigenvalue weighted by Gasteiger charge is -2.35. The zero-order valence-corrected chi connectivity index (χ0v) is 15.8. The molecule has 0 spiro atoms. The van der Waals surface area contributed by atoms with E-state index in [4.69, 9.17) is 0 Å². The Balaban J connectivity index is 1.51. The van der Waals surface area contributed by atoms with Crippen LogP contribution in [0.3, 0.4) is 0 Å². The molecule has 1 fully saturated rings. The summed E-state index contributed by atoms with van der Waals surface area (Å²) in [5.74, 6) is 0.447. The summed E-state index contributed by atoms with van der Waals surface area (Å²) in [6.07, 6.45) is 1.77. The van der Waals surface area contributed by atoms with Crippen LogP contribution in [0.5, 0.6) is 0 Å². The van der Waals surface area contributed by atoms with Crippen molar-refractivity contribution in [2.45, 2.75) is 13.8 Å². The molecular formula is C20H21FN6O. The van der Waals surface area contributed by atoms with E-state index < -0.39 is 0 Å². The highest BCUT2D eigenvalue weighted by Crippen LogP contribution is 2.20. The van der Waals surface area contributed by atoms with Crippen molar-refractivity contribution in [1.82, 2.24) is 24.9 Å². The standard InChI is InChI=1S/C20H21FN6O/c1-14-16(21)6-5-7-17(14)27-15(2)19(23-24-27)20(28)26-12-10-25(11-13-26)18-8-3-4-9-22-18/h3-9H,10-13H2,1-2H3. The second kappa shape index (κ2) is 7.38. The highest BCUT2D eigenvalue weighted by molar-refractivity contribution is 5.93. The third kappa shape index (κ3) is 3.21. The molecule has 0 atom stereocenters. The van der Waals surface area contributed by atoms with Gasteiger partial charge in [0.2, 0.25) is 0 Å². The smallest absolute Gasteiger partial charge is 0.276 e. The number of carbonyl (C=O) groups is 1. The van der Waals surface area contributed by atoms with Gasteiger partial charge >= 0.3 is 0 Å². The van der Waals surface area contributed by atoms with Crippen molar-refractivity contribution in [3.05, 3.63) is 65.4 Å². The summed E-state index contributed by atoms with van der Waals surface area (Å²) < 4.78 is 15.4. The maximum atomic E-state index is 13.9. The molecule has 1 aromatic carbocycles. The third-order valence-corrected chi connectivity index (χ3v) is 5.10. The Kier molecular flexibility index (Phi) is 4.77. The molecule has 2 aromatic heterocycles. The van der Waals surface area contributed by atoms with Crippen LogP contribution in [0.25, 0.3) is 5.69 Å². The van der Waals surface area contributed by atoms with Crippen molar-refractivity contribution in [1.29, 1.82) is 0 Å². The zero-order valence-electron chi connectivity index (χ0n) is 15.8. The molecule has 144 valence electrons. The first kappa shape index (κ1) is 18.1. The SMILES string of the molecule is Cc1c(F)cccc1-n1nnc(C(=O)N2CCN(c3ccccn3)CC2)c1C. The lowest BCUT2D eigenvalue weighted by molar-refractivity contribution is 0.0739. The van der Waals surface area contributed by atoms with Gasteiger partial charge in [-0.3, -0.25) is 4.79 Å². The van der Waals surface area contributed by atoms with Crippen molar-refractivity contribution < 1.29 is 9.18 Å². The van der Waals surface area contributed by atoms with E-state index in [0.717, 1.165) is 5.82 Å². The van der Waals surface area contributed by atoms with Crippen LogP contribution in [0.4, 0.5) is 10.2 Å². The van der Waals surface area contributed by atoms with E-state index >= 15 is 0 Å². The summed E-state index contributed by atoms with van der Waals surface area (Å²) in [5.41, 5.74) is 1.96. The number of anilines is 1. The van der Waals surface area contributed by atoms with E-state index in [9.17, 15) is 9.18 Å². The Bertz CT molecular complexity index is 995. The van der Waals surface area contributed by atoms with E-state index in [1.165, 1.54) is 10.7 Å². The van der Waals surface area contributed by atoms with Crippen LogP contribution < -0.4 is 4.90 Å². The molecule has 0 unspecified atom stereocenters. The molecule has 0 N–H and O–H groups in total. The van der Waals surface area contributed by atoms with Crippen LogP contribution in [0.2, 0.25) is 0 Å². The average Bonchev–Trinajstić information content (AvgIpc) is 3.11. The van der Waals surface area contributed by atoms with Gasteiger partial charge in [-0.15, -0.1) is 5.10 Å². The highest BCUT2D eigenvalue weighted by atomic mass is 19.1. The molecule has 0 saturated carbocycles. The van der Waals surface area contributed by atoms with Gasteiger partial charge in [-0.1, -0.05) is 17.3 Å². The minimum Gasteiger partial charge on any atom is -0.353 e. The van der Waals surface area contributed by atoms with Crippen molar-refractivity contribution in [2.75, 3.05) is 31.1 Å². The molecule has 1 amide bonds. The largest absolute Gasteiger partial charge is 0.353 e. The normalized spacial score (nSPS) is 14.4. The molecular weight excluding hydrogens is 359 g/mol. The lowest BCUT2D eigenvalue weighted by Crippen LogP contribution is -2.49. The zero-order chi connectivity index (χ0) is 19.7. The number of carbonyl (C=O) groups excluding carboxylic acids is 1. The number of piperazine rings is 1. The van der Waals surface area contributed by atoms with Crippen molar-refractivity contribution in [3.63, 3.8) is 0 Å². The van der Waals surface area contributed by atoms with E-state index in [1.807, 2.05) is 18.2 Å². The van der Waals surface area contributed by atoms with Gasteiger partial charge in [0.1, 0.15) is 11.6 Å². The van der Waals surface area contributed by atoms with Gasteiger partial charge in [0.25, 0.3) is 5.91 Å². The molecule has 7 nitrogen and oxygen atoms in total. The molecule has 8 heteroatoms. The summed E-state index contributed by atoms with van der Waals surface area (Å²) in [5, 5.41) is 8.19. The Morgan fingerprint density at radius 1 is 1.04 bits per heavy atom. The summed E-state index contributed by atoms with van der Waals surface area (Å²) in [4.78, 5) is 21.3. The number of amides is 1. The second-order valence-electron chi connectivity index (χ2n) is 6.79. The fraction of sp³-hybridized carbons (Fsp3) is 0.300. The number of benzene rings is 1. The summed E-state index contributed by atoms with van der Waals surface area (Å²) in [6, 6.07) is 10.6. The van der Waals surface area contributed by atoms with E-state index in [0.29, 0.717) is 48.8 Å². The Morgan fingerprint density at radius 2 is 1.82 bits per heavy atom. The number of hydrogen-bond donors (Lipinski definition) is 0. The van der Waals surface area contributed by atoms with Gasteiger partial charge in [0, 0.05) is 37.9 Å². The topological polar surface area (TPSA) is 67.2 Å². The number of nitrogens with zero attached hydrogens (tertiary/aromatic N) is 6. The quantitative estimate of drug-likeness (QED) is 0.698. The van der Waals surface area contributed by atoms with Crippen molar-refractivity contribution in [2.24, 2.45) is 0 Å². The molecule has 1 aliphatic rings. The van der Waals surface area contributed by atoms with E-state index in [1.54, 1.807) is 37.1 Å². The van der Waals surface area contributed by atoms with Crippen LogP contribution in [0.1, 0.15) is 21.7 Å². The van der Waals surface area contributed by atoms with Crippen LogP contribution in [0.15, 0.2) is 42.6 Å².